The van der Waals surface area contributed by atoms with E-state index in [0.29, 0.717) is 34.6 Å². The van der Waals surface area contributed by atoms with Gasteiger partial charge in [0.15, 0.2) is 0 Å². The fourth-order valence-electron chi connectivity index (χ4n) is 4.52. The number of hydrogen-bond acceptors (Lipinski definition) is 6. The summed E-state index contributed by atoms with van der Waals surface area (Å²) >= 11 is 0. The summed E-state index contributed by atoms with van der Waals surface area (Å²) in [5.41, 5.74) is 0.811. The van der Waals surface area contributed by atoms with E-state index in [2.05, 4.69) is 15.5 Å². The van der Waals surface area contributed by atoms with Crippen molar-refractivity contribution < 1.29 is 14.3 Å². The van der Waals surface area contributed by atoms with Gasteiger partial charge in [-0.1, -0.05) is 12.5 Å². The predicted octanol–water partition coefficient (Wildman–Crippen LogP) is 2.95. The monoisotopic (exact) mass is 495 g/mol. The van der Waals surface area contributed by atoms with Crippen LogP contribution < -0.4 is 26.6 Å². The zero-order valence-corrected chi connectivity index (χ0v) is 20.8. The van der Waals surface area contributed by atoms with E-state index >= 15 is 0 Å². The summed E-state index contributed by atoms with van der Waals surface area (Å²) in [5, 5.41) is 5.89. The number of anilines is 2. The standard InChI is InChI=1S/C26H33N5O5/c1-35-16-15-31-24(32)22-18-20(28-25(33)27-19-7-6-8-21(17-19)36-2)9-10-23(22)30(26(31)34)14-13-29-11-4-3-5-12-29/h6-10,17-18H,3-5,11-16H2,1-2H3,(H2,27,28,33). The first kappa shape index (κ1) is 25.5. The molecule has 36 heavy (non-hydrogen) atoms. The van der Waals surface area contributed by atoms with Crippen LogP contribution in [-0.4, -0.2) is 60.5 Å². The van der Waals surface area contributed by atoms with Crippen LogP contribution in [0.25, 0.3) is 10.9 Å². The number of amides is 2. The Morgan fingerprint density at radius 3 is 2.36 bits per heavy atom. The molecule has 2 amide bonds. The third-order valence-electron chi connectivity index (χ3n) is 6.42. The number of methoxy groups -OCH3 is 2. The molecule has 1 saturated heterocycles. The minimum Gasteiger partial charge on any atom is -0.497 e. The van der Waals surface area contributed by atoms with Gasteiger partial charge in [-0.3, -0.25) is 13.9 Å². The van der Waals surface area contributed by atoms with Crippen molar-refractivity contribution in [2.45, 2.75) is 32.4 Å². The number of hydrogen-bond donors (Lipinski definition) is 2. The Labute approximate surface area is 209 Å². The molecule has 4 rings (SSSR count). The second-order valence-corrected chi connectivity index (χ2v) is 8.83. The number of carbonyl (C=O) groups is 1. The molecular formula is C26H33N5O5. The third-order valence-corrected chi connectivity index (χ3v) is 6.42. The highest BCUT2D eigenvalue weighted by molar-refractivity contribution is 6.01. The topological polar surface area (TPSA) is 107 Å². The number of fused-ring (bicyclic) bond motifs is 1. The summed E-state index contributed by atoms with van der Waals surface area (Å²) in [6, 6.07) is 11.6. The quantitative estimate of drug-likeness (QED) is 0.473. The van der Waals surface area contributed by atoms with Gasteiger partial charge in [0.05, 0.1) is 31.2 Å². The number of likely N-dealkylation sites (tertiary alicyclic amines) is 1. The fourth-order valence-corrected chi connectivity index (χ4v) is 4.52. The van der Waals surface area contributed by atoms with Crippen LogP contribution in [0.1, 0.15) is 19.3 Å². The van der Waals surface area contributed by atoms with Crippen LogP contribution in [0.2, 0.25) is 0 Å². The van der Waals surface area contributed by atoms with E-state index in [-0.39, 0.29) is 18.8 Å². The van der Waals surface area contributed by atoms with Crippen molar-refractivity contribution in [2.24, 2.45) is 0 Å². The Kier molecular flexibility index (Phi) is 8.40. The van der Waals surface area contributed by atoms with E-state index in [1.165, 1.54) is 18.1 Å². The zero-order chi connectivity index (χ0) is 25.5. The molecule has 10 heteroatoms. The molecule has 0 saturated carbocycles. The van der Waals surface area contributed by atoms with E-state index in [9.17, 15) is 14.4 Å². The van der Waals surface area contributed by atoms with Gasteiger partial charge in [-0.2, -0.15) is 0 Å². The highest BCUT2D eigenvalue weighted by Crippen LogP contribution is 2.19. The molecule has 10 nitrogen and oxygen atoms in total. The summed E-state index contributed by atoms with van der Waals surface area (Å²) in [6.45, 7) is 3.65. The number of aromatic nitrogens is 2. The van der Waals surface area contributed by atoms with Crippen molar-refractivity contribution in [3.8, 4) is 5.75 Å². The number of nitrogens with zero attached hydrogens (tertiary/aromatic N) is 3. The van der Waals surface area contributed by atoms with E-state index in [0.717, 1.165) is 32.5 Å². The molecule has 3 aromatic rings. The molecule has 0 unspecified atom stereocenters. The number of carbonyl (C=O) groups excluding carboxylic acids is 1. The summed E-state index contributed by atoms with van der Waals surface area (Å²) in [5.74, 6) is 0.623. The van der Waals surface area contributed by atoms with Gasteiger partial charge in [-0.05, 0) is 56.3 Å². The van der Waals surface area contributed by atoms with Crippen LogP contribution in [0, 0.1) is 0 Å². The molecule has 0 spiro atoms. The lowest BCUT2D eigenvalue weighted by Gasteiger charge is -2.27. The van der Waals surface area contributed by atoms with Crippen molar-refractivity contribution in [2.75, 3.05) is 51.1 Å². The van der Waals surface area contributed by atoms with Gasteiger partial charge in [-0.25, -0.2) is 9.59 Å². The Morgan fingerprint density at radius 2 is 1.64 bits per heavy atom. The molecule has 0 radical (unpaired) electrons. The highest BCUT2D eigenvalue weighted by Gasteiger charge is 2.16. The molecule has 0 aliphatic carbocycles. The lowest BCUT2D eigenvalue weighted by molar-refractivity contribution is 0.183. The molecule has 1 aliphatic rings. The van der Waals surface area contributed by atoms with Crippen molar-refractivity contribution in [3.05, 3.63) is 63.3 Å². The first-order chi connectivity index (χ1) is 17.5. The summed E-state index contributed by atoms with van der Waals surface area (Å²) < 4.78 is 13.2. The number of piperidine rings is 1. The maximum atomic E-state index is 13.3. The summed E-state index contributed by atoms with van der Waals surface area (Å²) in [4.78, 5) is 41.5. The average Bonchev–Trinajstić information content (AvgIpc) is 2.89. The Hall–Kier alpha value is -3.63. The molecule has 1 aliphatic heterocycles. The highest BCUT2D eigenvalue weighted by atomic mass is 16.5. The van der Waals surface area contributed by atoms with Crippen LogP contribution in [0.4, 0.5) is 16.2 Å². The number of benzene rings is 2. The largest absolute Gasteiger partial charge is 0.497 e. The van der Waals surface area contributed by atoms with Gasteiger partial charge >= 0.3 is 11.7 Å². The van der Waals surface area contributed by atoms with Gasteiger partial charge in [0, 0.05) is 37.6 Å². The predicted molar refractivity (Wildman–Crippen MR) is 140 cm³/mol. The average molecular weight is 496 g/mol. The minimum absolute atomic E-state index is 0.155. The molecular weight excluding hydrogens is 462 g/mol. The van der Waals surface area contributed by atoms with Gasteiger partial charge in [0.2, 0.25) is 0 Å². The van der Waals surface area contributed by atoms with Crippen LogP contribution in [-0.2, 0) is 17.8 Å². The number of urea groups is 1. The zero-order valence-electron chi connectivity index (χ0n) is 20.8. The molecule has 2 heterocycles. The molecule has 1 aromatic heterocycles. The number of nitrogens with one attached hydrogen (secondary N) is 2. The SMILES string of the molecule is COCCn1c(=O)c2cc(NC(=O)Nc3cccc(OC)c3)ccc2n(CCN2CCCCC2)c1=O. The molecule has 2 N–H and O–H groups in total. The van der Waals surface area contributed by atoms with Crippen LogP contribution in [0.15, 0.2) is 52.1 Å². The number of rotatable bonds is 9. The lowest BCUT2D eigenvalue weighted by atomic mass is 10.1. The van der Waals surface area contributed by atoms with Crippen molar-refractivity contribution in [1.82, 2.24) is 14.0 Å². The van der Waals surface area contributed by atoms with Crippen molar-refractivity contribution in [1.29, 1.82) is 0 Å². The van der Waals surface area contributed by atoms with Gasteiger partial charge in [0.1, 0.15) is 5.75 Å². The fraction of sp³-hybridized carbons (Fsp3) is 0.423. The molecule has 0 bridgehead atoms. The molecule has 1 fully saturated rings. The third kappa shape index (κ3) is 5.95. The first-order valence-corrected chi connectivity index (χ1v) is 12.2. The summed E-state index contributed by atoms with van der Waals surface area (Å²) in [7, 11) is 3.09. The second-order valence-electron chi connectivity index (χ2n) is 8.83. The van der Waals surface area contributed by atoms with Crippen molar-refractivity contribution in [3.63, 3.8) is 0 Å². The van der Waals surface area contributed by atoms with Crippen LogP contribution >= 0.6 is 0 Å². The van der Waals surface area contributed by atoms with E-state index in [4.69, 9.17) is 9.47 Å². The Morgan fingerprint density at radius 1 is 0.889 bits per heavy atom. The maximum absolute atomic E-state index is 13.3. The molecule has 192 valence electrons. The van der Waals surface area contributed by atoms with Gasteiger partial charge in [0.25, 0.3) is 5.56 Å². The van der Waals surface area contributed by atoms with Gasteiger partial charge < -0.3 is 25.0 Å². The van der Waals surface area contributed by atoms with Crippen LogP contribution in [0.5, 0.6) is 5.75 Å². The Balaban J connectivity index is 1.62. The smallest absolute Gasteiger partial charge is 0.331 e. The lowest BCUT2D eigenvalue weighted by Crippen LogP contribution is -2.43. The second kappa shape index (κ2) is 11.9. The summed E-state index contributed by atoms with van der Waals surface area (Å²) in [6.07, 6.45) is 3.56. The maximum Gasteiger partial charge on any atom is 0.331 e. The normalized spacial score (nSPS) is 14.1. The first-order valence-electron chi connectivity index (χ1n) is 12.2. The van der Waals surface area contributed by atoms with E-state index in [1.807, 2.05) is 0 Å². The number of ether oxygens (including phenoxy) is 2. The Bertz CT molecular complexity index is 1330. The molecule has 2 aromatic carbocycles. The minimum atomic E-state index is -0.458. The van der Waals surface area contributed by atoms with E-state index < -0.39 is 11.6 Å². The van der Waals surface area contributed by atoms with E-state index in [1.54, 1.807) is 54.1 Å². The van der Waals surface area contributed by atoms with Gasteiger partial charge in [-0.15, -0.1) is 0 Å². The van der Waals surface area contributed by atoms with Crippen molar-refractivity contribution >= 4 is 28.3 Å². The van der Waals surface area contributed by atoms with Crippen LogP contribution in [0.3, 0.4) is 0 Å². The molecule has 0 atom stereocenters.